The van der Waals surface area contributed by atoms with E-state index >= 15 is 0 Å². The molecule has 0 saturated heterocycles. The minimum Gasteiger partial charge on any atom is -0.465 e. The first-order chi connectivity index (χ1) is 18.3. The van der Waals surface area contributed by atoms with Gasteiger partial charge in [-0.05, 0) is 79.9 Å². The third kappa shape index (κ3) is 5.50. The van der Waals surface area contributed by atoms with Crippen LogP contribution in [-0.2, 0) is 27.2 Å². The van der Waals surface area contributed by atoms with Crippen molar-refractivity contribution in [1.29, 1.82) is 0 Å². The number of esters is 2. The van der Waals surface area contributed by atoms with E-state index in [1.807, 2.05) is 6.08 Å². The third-order valence-electron chi connectivity index (χ3n) is 8.19. The average molecular weight is 539 g/mol. The molecule has 1 heterocycles. The number of rotatable bonds is 10. The molecular formula is C28H34N4O5S. The summed E-state index contributed by atoms with van der Waals surface area (Å²) >= 11 is 1.30. The van der Waals surface area contributed by atoms with Crippen LogP contribution in [-0.4, -0.2) is 52.6 Å². The van der Waals surface area contributed by atoms with Gasteiger partial charge in [-0.3, -0.25) is 4.79 Å². The minimum absolute atomic E-state index is 0.0860. The summed E-state index contributed by atoms with van der Waals surface area (Å²) in [4.78, 5) is 36.9. The Morgan fingerprint density at radius 2 is 1.61 bits per heavy atom. The smallest absolute Gasteiger partial charge is 0.337 e. The topological polar surface area (TPSA) is 112 Å². The van der Waals surface area contributed by atoms with Gasteiger partial charge in [-0.15, -0.1) is 16.8 Å². The first-order valence-corrected chi connectivity index (χ1v) is 14.1. The highest BCUT2D eigenvalue weighted by atomic mass is 32.2. The molecule has 1 N–H and O–H groups in total. The van der Waals surface area contributed by atoms with Gasteiger partial charge in [0.25, 0.3) is 0 Å². The van der Waals surface area contributed by atoms with E-state index in [0.717, 1.165) is 30.0 Å². The Labute approximate surface area is 226 Å². The van der Waals surface area contributed by atoms with Crippen molar-refractivity contribution in [1.82, 2.24) is 14.8 Å². The fourth-order valence-corrected chi connectivity index (χ4v) is 7.98. The SMILES string of the molecule is C=CCn1c(CC23CC4CC(CC(C4)C2)C3)nnc1SCC(=O)Nc1cc(C(=O)OC)cc(C(=O)OC)c1. The van der Waals surface area contributed by atoms with Crippen molar-refractivity contribution < 1.29 is 23.9 Å². The van der Waals surface area contributed by atoms with Crippen LogP contribution in [0.25, 0.3) is 0 Å². The van der Waals surface area contributed by atoms with Crippen molar-refractivity contribution in [2.24, 2.45) is 23.2 Å². The number of benzene rings is 1. The third-order valence-corrected chi connectivity index (χ3v) is 9.16. The molecule has 0 unspecified atom stereocenters. The second kappa shape index (κ2) is 10.9. The van der Waals surface area contributed by atoms with Crippen LogP contribution < -0.4 is 5.32 Å². The maximum atomic E-state index is 12.8. The average Bonchev–Trinajstić information content (AvgIpc) is 3.25. The lowest BCUT2D eigenvalue weighted by molar-refractivity contribution is -0.113. The zero-order valence-electron chi connectivity index (χ0n) is 21.9. The number of methoxy groups -OCH3 is 2. The van der Waals surface area contributed by atoms with Crippen LogP contribution in [0.3, 0.4) is 0 Å². The molecule has 10 heteroatoms. The maximum absolute atomic E-state index is 12.8. The largest absolute Gasteiger partial charge is 0.465 e. The van der Waals surface area contributed by atoms with Gasteiger partial charge in [-0.25, -0.2) is 9.59 Å². The molecule has 202 valence electrons. The molecule has 1 aromatic heterocycles. The summed E-state index contributed by atoms with van der Waals surface area (Å²) in [5.41, 5.74) is 0.910. The fraction of sp³-hybridized carbons (Fsp3) is 0.536. The molecule has 2 aromatic rings. The van der Waals surface area contributed by atoms with Crippen LogP contribution in [0.4, 0.5) is 5.69 Å². The van der Waals surface area contributed by atoms with Crippen molar-refractivity contribution in [2.45, 2.75) is 56.6 Å². The molecule has 4 bridgehead atoms. The molecule has 0 radical (unpaired) electrons. The van der Waals surface area contributed by atoms with Crippen LogP contribution in [0.15, 0.2) is 36.0 Å². The molecule has 4 saturated carbocycles. The Morgan fingerprint density at radius 1 is 1.03 bits per heavy atom. The van der Waals surface area contributed by atoms with Gasteiger partial charge < -0.3 is 19.4 Å². The second-order valence-electron chi connectivity index (χ2n) is 11.0. The summed E-state index contributed by atoms with van der Waals surface area (Å²) in [7, 11) is 2.50. The van der Waals surface area contributed by atoms with Gasteiger partial charge in [0.15, 0.2) is 5.16 Å². The molecule has 4 aliphatic rings. The van der Waals surface area contributed by atoms with E-state index in [1.54, 1.807) is 0 Å². The summed E-state index contributed by atoms with van der Waals surface area (Å²) in [5, 5.41) is 12.4. The molecule has 38 heavy (non-hydrogen) atoms. The van der Waals surface area contributed by atoms with Crippen molar-refractivity contribution in [3.05, 3.63) is 47.8 Å². The summed E-state index contributed by atoms with van der Waals surface area (Å²) in [6.07, 6.45) is 10.9. The maximum Gasteiger partial charge on any atom is 0.337 e. The van der Waals surface area contributed by atoms with Gasteiger partial charge >= 0.3 is 11.9 Å². The van der Waals surface area contributed by atoms with Crippen LogP contribution in [0.2, 0.25) is 0 Å². The Bertz CT molecular complexity index is 1190. The van der Waals surface area contributed by atoms with E-state index in [9.17, 15) is 14.4 Å². The number of thioether (sulfide) groups is 1. The number of nitrogens with one attached hydrogen (secondary N) is 1. The van der Waals surface area contributed by atoms with Gasteiger partial charge in [-0.2, -0.15) is 0 Å². The predicted molar refractivity (Wildman–Crippen MR) is 143 cm³/mol. The highest BCUT2D eigenvalue weighted by Gasteiger charge is 2.51. The van der Waals surface area contributed by atoms with Crippen LogP contribution in [0.5, 0.6) is 0 Å². The molecule has 0 spiro atoms. The lowest BCUT2D eigenvalue weighted by Gasteiger charge is -2.56. The van der Waals surface area contributed by atoms with Crippen molar-refractivity contribution in [2.75, 3.05) is 25.3 Å². The lowest BCUT2D eigenvalue weighted by Crippen LogP contribution is -2.47. The van der Waals surface area contributed by atoms with Crippen LogP contribution in [0.1, 0.15) is 65.1 Å². The van der Waals surface area contributed by atoms with Crippen molar-refractivity contribution in [3.8, 4) is 0 Å². The predicted octanol–water partition coefficient (Wildman–Crippen LogP) is 4.53. The molecule has 6 rings (SSSR count). The highest BCUT2D eigenvalue weighted by molar-refractivity contribution is 7.99. The van der Waals surface area contributed by atoms with E-state index in [2.05, 4.69) is 26.7 Å². The summed E-state index contributed by atoms with van der Waals surface area (Å²) < 4.78 is 11.6. The van der Waals surface area contributed by atoms with Gasteiger partial charge in [-0.1, -0.05) is 17.8 Å². The van der Waals surface area contributed by atoms with Crippen molar-refractivity contribution in [3.63, 3.8) is 0 Å². The standard InChI is InChI=1S/C28H34N4O5S/c1-4-5-32-23(15-28-12-17-6-18(13-28)8-19(7-17)14-28)30-31-27(32)38-16-24(33)29-22-10-20(25(34)36-2)9-21(11-22)26(35)37-3/h4,9-11,17-19H,1,5-8,12-16H2,2-3H3,(H,29,33). The number of carbonyl (C=O) groups excluding carboxylic acids is 3. The number of aromatic nitrogens is 3. The first-order valence-electron chi connectivity index (χ1n) is 13.1. The van der Waals surface area contributed by atoms with Gasteiger partial charge in [0.1, 0.15) is 5.82 Å². The molecule has 0 aliphatic heterocycles. The summed E-state index contributed by atoms with van der Waals surface area (Å²) in [6, 6.07) is 4.29. The van der Waals surface area contributed by atoms with E-state index in [1.165, 1.54) is 82.7 Å². The zero-order valence-corrected chi connectivity index (χ0v) is 22.7. The Morgan fingerprint density at radius 3 is 2.13 bits per heavy atom. The van der Waals surface area contributed by atoms with E-state index < -0.39 is 11.9 Å². The van der Waals surface area contributed by atoms with E-state index in [-0.39, 0.29) is 22.8 Å². The van der Waals surface area contributed by atoms with Gasteiger partial charge in [0, 0.05) is 18.7 Å². The van der Waals surface area contributed by atoms with Gasteiger partial charge in [0.2, 0.25) is 5.91 Å². The lowest BCUT2D eigenvalue weighted by atomic mass is 9.49. The highest BCUT2D eigenvalue weighted by Crippen LogP contribution is 2.61. The molecular weight excluding hydrogens is 504 g/mol. The number of carbonyl (C=O) groups is 3. The molecule has 1 amide bonds. The molecule has 0 atom stereocenters. The second-order valence-corrected chi connectivity index (χ2v) is 12.0. The van der Waals surface area contributed by atoms with Gasteiger partial charge in [0.05, 0.1) is 31.1 Å². The summed E-state index contributed by atoms with van der Waals surface area (Å²) in [6.45, 7) is 4.50. The Kier molecular flexibility index (Phi) is 7.61. The number of hydrogen-bond donors (Lipinski definition) is 1. The molecule has 4 aliphatic carbocycles. The van der Waals surface area contributed by atoms with Crippen LogP contribution >= 0.6 is 11.8 Å². The van der Waals surface area contributed by atoms with E-state index in [0.29, 0.717) is 22.8 Å². The number of amides is 1. The number of hydrogen-bond acceptors (Lipinski definition) is 8. The number of nitrogens with zero attached hydrogens (tertiary/aromatic N) is 3. The number of anilines is 1. The number of allylic oxidation sites excluding steroid dienone is 1. The number of ether oxygens (including phenoxy) is 2. The molecule has 9 nitrogen and oxygen atoms in total. The van der Waals surface area contributed by atoms with Crippen molar-refractivity contribution >= 4 is 35.3 Å². The zero-order chi connectivity index (χ0) is 26.9. The molecule has 1 aromatic carbocycles. The van der Waals surface area contributed by atoms with Crippen LogP contribution in [0, 0.1) is 23.2 Å². The summed E-state index contributed by atoms with van der Waals surface area (Å²) in [5.74, 6) is 2.12. The van der Waals surface area contributed by atoms with E-state index in [4.69, 9.17) is 9.47 Å². The fourth-order valence-electron chi connectivity index (χ4n) is 7.21. The monoisotopic (exact) mass is 538 g/mol. The quantitative estimate of drug-likeness (QED) is 0.267. The molecule has 4 fully saturated rings. The minimum atomic E-state index is -0.621. The normalized spacial score (nSPS) is 25.2. The Hall–Kier alpha value is -3.14. The Balaban J connectivity index is 1.27. The first kappa shape index (κ1) is 26.5.